The van der Waals surface area contributed by atoms with Gasteiger partial charge in [-0.3, -0.25) is 18.6 Å². The molecule has 0 aliphatic heterocycles. The van der Waals surface area contributed by atoms with E-state index in [0.29, 0.717) is 40.8 Å². The van der Waals surface area contributed by atoms with Crippen molar-refractivity contribution in [1.82, 2.24) is 28.9 Å². The molecule has 0 bridgehead atoms. The smallest absolute Gasteiger partial charge is 0.321 e. The van der Waals surface area contributed by atoms with Gasteiger partial charge in [-0.1, -0.05) is 50.2 Å². The van der Waals surface area contributed by atoms with Gasteiger partial charge in [0.05, 0.1) is 18.4 Å². The summed E-state index contributed by atoms with van der Waals surface area (Å²) in [4.78, 5) is 35.1. The summed E-state index contributed by atoms with van der Waals surface area (Å²) in [7, 11) is 3.47. The molecule has 9 heteroatoms. The Bertz CT molecular complexity index is 1670. The molecule has 0 spiro atoms. The van der Waals surface area contributed by atoms with Gasteiger partial charge in [-0.25, -0.2) is 14.8 Å². The first-order valence-electron chi connectivity index (χ1n) is 12.2. The second-order valence-electron chi connectivity index (χ2n) is 9.52. The zero-order chi connectivity index (χ0) is 26.3. The van der Waals surface area contributed by atoms with E-state index in [4.69, 9.17) is 4.98 Å². The van der Waals surface area contributed by atoms with Crippen LogP contribution in [0.1, 0.15) is 47.1 Å². The van der Waals surface area contributed by atoms with Crippen molar-refractivity contribution in [2.24, 2.45) is 14.1 Å². The van der Waals surface area contributed by atoms with Crippen LogP contribution in [0.2, 0.25) is 0 Å². The minimum absolute atomic E-state index is 0.164. The minimum Gasteiger partial charge on any atom is -0.321 e. The largest absolute Gasteiger partial charge is 0.330 e. The molecule has 0 saturated carbocycles. The minimum atomic E-state index is -0.230. The first kappa shape index (κ1) is 24.2. The van der Waals surface area contributed by atoms with Crippen molar-refractivity contribution in [1.29, 1.82) is 0 Å². The molecule has 1 N–H and O–H groups in total. The van der Waals surface area contributed by atoms with E-state index in [1.807, 2.05) is 49.4 Å². The van der Waals surface area contributed by atoms with Crippen LogP contribution in [0.4, 0.5) is 5.69 Å². The third-order valence-electron chi connectivity index (χ3n) is 6.50. The fraction of sp³-hybridized carbons (Fsp3) is 0.250. The normalized spacial score (nSPS) is 11.4. The maximum Gasteiger partial charge on any atom is 0.330 e. The number of anilines is 1. The Morgan fingerprint density at radius 3 is 2.46 bits per heavy atom. The van der Waals surface area contributed by atoms with Gasteiger partial charge in [-0.15, -0.1) is 0 Å². The van der Waals surface area contributed by atoms with Crippen LogP contribution in [0.5, 0.6) is 0 Å². The van der Waals surface area contributed by atoms with Crippen LogP contribution in [-0.4, -0.2) is 34.8 Å². The second-order valence-corrected chi connectivity index (χ2v) is 9.52. The highest BCUT2D eigenvalue weighted by atomic mass is 16.2. The summed E-state index contributed by atoms with van der Waals surface area (Å²) in [5.41, 5.74) is 6.05. The SMILES string of the molecule is Cc1cc(C(=O)Nc2ccc(Cn3c(=O)n(C)c4cnc(-c5ccccc5C(C)C)nc43)cc2)n(C)n1. The quantitative estimate of drug-likeness (QED) is 0.379. The van der Waals surface area contributed by atoms with Gasteiger partial charge in [0.25, 0.3) is 5.91 Å². The van der Waals surface area contributed by atoms with Crippen molar-refractivity contribution in [2.45, 2.75) is 33.2 Å². The van der Waals surface area contributed by atoms with Gasteiger partial charge in [0, 0.05) is 25.3 Å². The monoisotopic (exact) mass is 495 g/mol. The fourth-order valence-corrected chi connectivity index (χ4v) is 4.55. The zero-order valence-corrected chi connectivity index (χ0v) is 21.6. The molecule has 1 amide bonds. The predicted molar refractivity (Wildman–Crippen MR) is 144 cm³/mol. The molecule has 5 rings (SSSR count). The summed E-state index contributed by atoms with van der Waals surface area (Å²) >= 11 is 0. The second kappa shape index (κ2) is 9.50. The predicted octanol–water partition coefficient (Wildman–Crippen LogP) is 4.26. The van der Waals surface area contributed by atoms with Crippen molar-refractivity contribution in [2.75, 3.05) is 5.32 Å². The summed E-state index contributed by atoms with van der Waals surface area (Å²) in [5.74, 6) is 0.682. The summed E-state index contributed by atoms with van der Waals surface area (Å²) < 4.78 is 4.78. The molecule has 37 heavy (non-hydrogen) atoms. The van der Waals surface area contributed by atoms with Crippen molar-refractivity contribution >= 4 is 22.8 Å². The number of carbonyl (C=O) groups is 1. The molecule has 0 aliphatic rings. The number of fused-ring (bicyclic) bond motifs is 1. The molecular weight excluding hydrogens is 466 g/mol. The summed E-state index contributed by atoms with van der Waals surface area (Å²) in [6.07, 6.45) is 1.71. The number of nitrogens with zero attached hydrogens (tertiary/aromatic N) is 6. The summed E-state index contributed by atoms with van der Waals surface area (Å²) in [6.45, 7) is 6.46. The molecule has 0 fully saturated rings. The van der Waals surface area contributed by atoms with Crippen molar-refractivity contribution < 1.29 is 4.79 Å². The zero-order valence-electron chi connectivity index (χ0n) is 21.6. The van der Waals surface area contributed by atoms with Crippen LogP contribution in [0.3, 0.4) is 0 Å². The van der Waals surface area contributed by atoms with Crippen LogP contribution in [0, 0.1) is 6.92 Å². The summed E-state index contributed by atoms with van der Waals surface area (Å²) in [6, 6.07) is 17.3. The maximum absolute atomic E-state index is 13.1. The van der Waals surface area contributed by atoms with E-state index >= 15 is 0 Å². The lowest BCUT2D eigenvalue weighted by Gasteiger charge is -2.11. The molecule has 0 radical (unpaired) electrons. The maximum atomic E-state index is 13.1. The van der Waals surface area contributed by atoms with Gasteiger partial charge in [0.1, 0.15) is 11.2 Å². The number of nitrogens with one attached hydrogen (secondary N) is 1. The number of rotatable bonds is 6. The van der Waals surface area contributed by atoms with Crippen LogP contribution in [0.15, 0.2) is 65.6 Å². The van der Waals surface area contributed by atoms with E-state index in [9.17, 15) is 9.59 Å². The van der Waals surface area contributed by atoms with E-state index in [0.717, 1.165) is 22.4 Å². The lowest BCUT2D eigenvalue weighted by atomic mass is 9.97. The van der Waals surface area contributed by atoms with Gasteiger partial charge in [-0.2, -0.15) is 5.10 Å². The molecular formula is C28H29N7O2. The molecule has 5 aromatic rings. The van der Waals surface area contributed by atoms with Crippen LogP contribution < -0.4 is 11.0 Å². The fourth-order valence-electron chi connectivity index (χ4n) is 4.55. The van der Waals surface area contributed by atoms with Crippen LogP contribution >= 0.6 is 0 Å². The number of hydrogen-bond donors (Lipinski definition) is 1. The highest BCUT2D eigenvalue weighted by Crippen LogP contribution is 2.27. The number of carbonyl (C=O) groups excluding carboxylic acids is 1. The Kier molecular flexibility index (Phi) is 6.20. The molecule has 0 aliphatic carbocycles. The van der Waals surface area contributed by atoms with Gasteiger partial charge in [-0.05, 0) is 42.2 Å². The number of hydrogen-bond acceptors (Lipinski definition) is 5. The first-order valence-corrected chi connectivity index (χ1v) is 12.2. The topological polar surface area (TPSA) is 99.6 Å². The molecule has 3 heterocycles. The Balaban J connectivity index is 1.44. The van der Waals surface area contributed by atoms with E-state index in [-0.39, 0.29) is 11.6 Å². The third-order valence-corrected chi connectivity index (χ3v) is 6.50. The molecule has 0 unspecified atom stereocenters. The number of imidazole rings is 1. The van der Waals surface area contributed by atoms with E-state index < -0.39 is 0 Å². The molecule has 0 atom stereocenters. The first-order chi connectivity index (χ1) is 17.7. The van der Waals surface area contributed by atoms with E-state index in [2.05, 4.69) is 35.3 Å². The average molecular weight is 496 g/mol. The van der Waals surface area contributed by atoms with Gasteiger partial charge < -0.3 is 5.32 Å². The van der Waals surface area contributed by atoms with Gasteiger partial charge in [0.15, 0.2) is 11.5 Å². The Morgan fingerprint density at radius 1 is 1.05 bits per heavy atom. The molecule has 188 valence electrons. The number of amides is 1. The summed E-state index contributed by atoms with van der Waals surface area (Å²) in [5, 5.41) is 7.12. The average Bonchev–Trinajstić information content (AvgIpc) is 3.35. The Labute approximate surface area is 214 Å². The highest BCUT2D eigenvalue weighted by Gasteiger charge is 2.17. The van der Waals surface area contributed by atoms with Crippen molar-refractivity contribution in [3.63, 3.8) is 0 Å². The van der Waals surface area contributed by atoms with Crippen LogP contribution in [-0.2, 0) is 20.6 Å². The highest BCUT2D eigenvalue weighted by molar-refractivity contribution is 6.03. The third kappa shape index (κ3) is 4.55. The number of aryl methyl sites for hydroxylation is 3. The lowest BCUT2D eigenvalue weighted by Crippen LogP contribution is -2.23. The molecule has 9 nitrogen and oxygen atoms in total. The van der Waals surface area contributed by atoms with Crippen molar-refractivity contribution in [3.05, 3.63) is 93.8 Å². The van der Waals surface area contributed by atoms with Crippen LogP contribution in [0.25, 0.3) is 22.6 Å². The number of aromatic nitrogens is 6. The van der Waals surface area contributed by atoms with E-state index in [1.54, 1.807) is 40.2 Å². The molecule has 2 aromatic carbocycles. The lowest BCUT2D eigenvalue weighted by molar-refractivity contribution is 0.101. The van der Waals surface area contributed by atoms with Crippen molar-refractivity contribution in [3.8, 4) is 11.4 Å². The Hall–Kier alpha value is -4.53. The standard InChI is InChI=1S/C28H29N7O2/c1-17(2)21-8-6-7-9-22(21)25-29-15-24-26(31-25)35(28(37)33(24)4)16-19-10-12-20(13-11-19)30-27(36)23-14-18(3)32-34(23)5/h6-15,17H,16H2,1-5H3,(H,30,36). The van der Waals surface area contributed by atoms with Gasteiger partial charge in [0.2, 0.25) is 0 Å². The Morgan fingerprint density at radius 2 is 1.78 bits per heavy atom. The van der Waals surface area contributed by atoms with E-state index in [1.165, 1.54) is 0 Å². The number of benzene rings is 2. The van der Waals surface area contributed by atoms with Gasteiger partial charge >= 0.3 is 5.69 Å². The molecule has 3 aromatic heterocycles. The molecule has 0 saturated heterocycles.